The Balaban J connectivity index is 2.45. The second-order valence-corrected chi connectivity index (χ2v) is 5.50. The lowest BCUT2D eigenvalue weighted by molar-refractivity contribution is 0.203. The highest BCUT2D eigenvalue weighted by molar-refractivity contribution is 4.89. The average Bonchev–Trinajstić information content (AvgIpc) is 2.39. The smallest absolute Gasteiger partial charge is 0.0104 e. The van der Waals surface area contributed by atoms with Crippen LogP contribution >= 0.6 is 0 Å². The third kappa shape index (κ3) is 5.13. The molecule has 0 aromatic carbocycles. The van der Waals surface area contributed by atoms with Crippen LogP contribution in [-0.4, -0.2) is 12.6 Å². The summed E-state index contributed by atoms with van der Waals surface area (Å²) in [5, 5.41) is 3.72. The van der Waals surface area contributed by atoms with E-state index >= 15 is 0 Å². The minimum Gasteiger partial charge on any atom is -0.314 e. The van der Waals surface area contributed by atoms with E-state index in [-0.39, 0.29) is 0 Å². The molecule has 0 aliphatic heterocycles. The van der Waals surface area contributed by atoms with Gasteiger partial charge >= 0.3 is 0 Å². The molecule has 3 unspecified atom stereocenters. The molecule has 1 rings (SSSR count). The molecule has 1 nitrogen and oxygen atoms in total. The highest BCUT2D eigenvalue weighted by atomic mass is 14.9. The van der Waals surface area contributed by atoms with Crippen molar-refractivity contribution in [3.8, 4) is 12.3 Å². The van der Waals surface area contributed by atoms with Crippen LogP contribution in [0, 0.1) is 24.2 Å². The first-order valence-electron chi connectivity index (χ1n) is 7.48. The lowest BCUT2D eigenvalue weighted by atomic mass is 9.76. The van der Waals surface area contributed by atoms with Crippen LogP contribution in [0.2, 0.25) is 0 Å². The number of rotatable bonds is 7. The largest absolute Gasteiger partial charge is 0.314 e. The van der Waals surface area contributed by atoms with Gasteiger partial charge in [-0.25, -0.2) is 0 Å². The van der Waals surface area contributed by atoms with Gasteiger partial charge in [0.15, 0.2) is 0 Å². The Kier molecular flexibility index (Phi) is 7.37. The van der Waals surface area contributed by atoms with E-state index in [9.17, 15) is 0 Å². The molecule has 1 heteroatoms. The molecule has 3 atom stereocenters. The maximum Gasteiger partial charge on any atom is 0.0104 e. The Bertz CT molecular complexity index is 228. The van der Waals surface area contributed by atoms with Gasteiger partial charge < -0.3 is 5.32 Å². The van der Waals surface area contributed by atoms with E-state index in [1.807, 2.05) is 0 Å². The minimum atomic E-state index is 0.667. The molecule has 0 saturated heterocycles. The van der Waals surface area contributed by atoms with Crippen LogP contribution in [0.1, 0.15) is 65.2 Å². The first-order valence-corrected chi connectivity index (χ1v) is 7.48. The third-order valence-corrected chi connectivity index (χ3v) is 4.23. The molecule has 1 N–H and O–H groups in total. The Morgan fingerprint density at radius 3 is 2.82 bits per heavy atom. The van der Waals surface area contributed by atoms with E-state index < -0.39 is 0 Å². The van der Waals surface area contributed by atoms with Crippen molar-refractivity contribution in [2.45, 2.75) is 71.3 Å². The van der Waals surface area contributed by atoms with E-state index in [1.54, 1.807) is 0 Å². The monoisotopic (exact) mass is 235 g/mol. The van der Waals surface area contributed by atoms with Crippen molar-refractivity contribution in [3.63, 3.8) is 0 Å². The van der Waals surface area contributed by atoms with Crippen molar-refractivity contribution in [2.75, 3.05) is 6.54 Å². The molecule has 1 fully saturated rings. The zero-order valence-corrected chi connectivity index (χ0v) is 11.7. The third-order valence-electron chi connectivity index (χ3n) is 4.23. The van der Waals surface area contributed by atoms with Gasteiger partial charge in [0.05, 0.1) is 0 Å². The lowest BCUT2D eigenvalue weighted by Gasteiger charge is -2.34. The number of hydrogen-bond donors (Lipinski definition) is 1. The quantitative estimate of drug-likeness (QED) is 0.658. The van der Waals surface area contributed by atoms with Crippen molar-refractivity contribution in [1.82, 2.24) is 5.32 Å². The van der Waals surface area contributed by atoms with E-state index in [4.69, 9.17) is 6.42 Å². The van der Waals surface area contributed by atoms with Gasteiger partial charge in [-0.15, -0.1) is 12.3 Å². The van der Waals surface area contributed by atoms with Crippen molar-refractivity contribution >= 4 is 0 Å². The molecule has 1 saturated carbocycles. The van der Waals surface area contributed by atoms with Crippen molar-refractivity contribution in [3.05, 3.63) is 0 Å². The summed E-state index contributed by atoms with van der Waals surface area (Å²) >= 11 is 0. The molecule has 0 bridgehead atoms. The lowest BCUT2D eigenvalue weighted by Crippen LogP contribution is -2.39. The van der Waals surface area contributed by atoms with Gasteiger partial charge in [0.1, 0.15) is 0 Å². The average molecular weight is 235 g/mol. The Labute approximate surface area is 108 Å². The Morgan fingerprint density at radius 2 is 2.18 bits per heavy atom. The molecule has 17 heavy (non-hydrogen) atoms. The highest BCUT2D eigenvalue weighted by Crippen LogP contribution is 2.34. The molecular formula is C16H29N. The second-order valence-electron chi connectivity index (χ2n) is 5.50. The van der Waals surface area contributed by atoms with Crippen molar-refractivity contribution in [1.29, 1.82) is 0 Å². The Morgan fingerprint density at radius 1 is 1.35 bits per heavy atom. The van der Waals surface area contributed by atoms with Crippen LogP contribution in [0.3, 0.4) is 0 Å². The highest BCUT2D eigenvalue weighted by Gasteiger charge is 2.26. The minimum absolute atomic E-state index is 0.667. The summed E-state index contributed by atoms with van der Waals surface area (Å²) in [6.07, 6.45) is 15.8. The topological polar surface area (TPSA) is 12.0 Å². The van der Waals surface area contributed by atoms with E-state index in [0.29, 0.717) is 6.04 Å². The summed E-state index contributed by atoms with van der Waals surface area (Å²) in [5.41, 5.74) is 0. The standard InChI is InChI=1S/C16H29N/c1-4-7-11-16(17-12-5-2)15-10-8-9-14(6-3)13-15/h1,14-17H,5-13H2,2-3H3. The van der Waals surface area contributed by atoms with Gasteiger partial charge in [0.2, 0.25) is 0 Å². The van der Waals surface area contributed by atoms with E-state index in [1.165, 1.54) is 38.5 Å². The van der Waals surface area contributed by atoms with Gasteiger partial charge in [-0.1, -0.05) is 33.1 Å². The molecule has 0 aromatic rings. The molecule has 1 aliphatic rings. The fourth-order valence-electron chi connectivity index (χ4n) is 3.14. The molecule has 0 radical (unpaired) electrons. The first kappa shape index (κ1) is 14.6. The number of hydrogen-bond acceptors (Lipinski definition) is 1. The number of terminal acetylenes is 1. The van der Waals surface area contributed by atoms with Gasteiger partial charge in [0.25, 0.3) is 0 Å². The molecule has 0 aromatic heterocycles. The van der Waals surface area contributed by atoms with Crippen LogP contribution in [0.25, 0.3) is 0 Å². The maximum atomic E-state index is 5.41. The molecule has 0 spiro atoms. The zero-order chi connectivity index (χ0) is 12.5. The van der Waals surface area contributed by atoms with Crippen LogP contribution in [0.4, 0.5) is 0 Å². The molecule has 98 valence electrons. The predicted molar refractivity (Wildman–Crippen MR) is 75.9 cm³/mol. The van der Waals surface area contributed by atoms with Crippen LogP contribution in [0.15, 0.2) is 0 Å². The summed E-state index contributed by atoms with van der Waals surface area (Å²) in [4.78, 5) is 0. The summed E-state index contributed by atoms with van der Waals surface area (Å²) in [5.74, 6) is 4.63. The van der Waals surface area contributed by atoms with Crippen LogP contribution in [0.5, 0.6) is 0 Å². The normalized spacial score (nSPS) is 26.4. The van der Waals surface area contributed by atoms with Gasteiger partial charge in [-0.2, -0.15) is 0 Å². The molecule has 1 aliphatic carbocycles. The SMILES string of the molecule is C#CCCC(NCCC)C1CCCC(CC)C1. The first-order chi connectivity index (χ1) is 8.31. The summed E-state index contributed by atoms with van der Waals surface area (Å²) in [6.45, 7) is 5.71. The summed E-state index contributed by atoms with van der Waals surface area (Å²) in [6, 6.07) is 0.667. The summed E-state index contributed by atoms with van der Waals surface area (Å²) in [7, 11) is 0. The molecule has 0 heterocycles. The van der Waals surface area contributed by atoms with Crippen LogP contribution in [-0.2, 0) is 0 Å². The van der Waals surface area contributed by atoms with Crippen LogP contribution < -0.4 is 5.32 Å². The fourth-order valence-corrected chi connectivity index (χ4v) is 3.14. The number of nitrogens with one attached hydrogen (secondary N) is 1. The predicted octanol–water partition coefficient (Wildman–Crippen LogP) is 3.98. The molecule has 0 amide bonds. The second kappa shape index (κ2) is 8.59. The van der Waals surface area contributed by atoms with Crippen molar-refractivity contribution < 1.29 is 0 Å². The van der Waals surface area contributed by atoms with Gasteiger partial charge in [0, 0.05) is 12.5 Å². The van der Waals surface area contributed by atoms with Crippen molar-refractivity contribution in [2.24, 2.45) is 11.8 Å². The van der Waals surface area contributed by atoms with Gasteiger partial charge in [-0.3, -0.25) is 0 Å². The summed E-state index contributed by atoms with van der Waals surface area (Å²) < 4.78 is 0. The zero-order valence-electron chi connectivity index (χ0n) is 11.7. The van der Waals surface area contributed by atoms with Gasteiger partial charge in [-0.05, 0) is 44.1 Å². The maximum absolute atomic E-state index is 5.41. The van der Waals surface area contributed by atoms with E-state index in [0.717, 1.165) is 31.2 Å². The molecular weight excluding hydrogens is 206 g/mol. The Hall–Kier alpha value is -0.480. The fraction of sp³-hybridized carbons (Fsp3) is 0.875. The van der Waals surface area contributed by atoms with E-state index in [2.05, 4.69) is 25.1 Å².